The van der Waals surface area contributed by atoms with E-state index >= 15 is 0 Å². The van der Waals surface area contributed by atoms with Gasteiger partial charge >= 0.3 is 0 Å². The van der Waals surface area contributed by atoms with E-state index in [4.69, 9.17) is 14.2 Å². The number of carbonyl (C=O) groups excluding carboxylic acids is 1. The molecule has 1 heterocycles. The number of hydrogen-bond acceptors (Lipinski definition) is 4. The first-order valence-electron chi connectivity index (χ1n) is 9.53. The Kier molecular flexibility index (Phi) is 5.38. The highest BCUT2D eigenvalue weighted by Crippen LogP contribution is 2.33. The summed E-state index contributed by atoms with van der Waals surface area (Å²) in [5, 5.41) is 2.99. The van der Waals surface area contributed by atoms with Gasteiger partial charge in [0, 0.05) is 17.7 Å². The van der Waals surface area contributed by atoms with Crippen LogP contribution in [0.15, 0.2) is 60.7 Å². The number of hydrogen-bond donors (Lipinski definition) is 1. The summed E-state index contributed by atoms with van der Waals surface area (Å²) < 4.78 is 16.3. The summed E-state index contributed by atoms with van der Waals surface area (Å²) in [4.78, 5) is 12.6. The van der Waals surface area contributed by atoms with E-state index in [1.165, 1.54) is 5.56 Å². The molecule has 5 nitrogen and oxygen atoms in total. The Morgan fingerprint density at radius 3 is 2.59 bits per heavy atom. The minimum absolute atomic E-state index is 0.0605. The molecule has 1 N–H and O–H groups in total. The molecule has 0 spiro atoms. The normalized spacial score (nSPS) is 12.1. The molecule has 0 fully saturated rings. The fourth-order valence-corrected chi connectivity index (χ4v) is 3.52. The number of amides is 1. The Labute approximate surface area is 170 Å². The lowest BCUT2D eigenvalue weighted by atomic mass is 10.0. The lowest BCUT2D eigenvalue weighted by Crippen LogP contribution is -2.14. The van der Waals surface area contributed by atoms with Crippen LogP contribution in [0.25, 0.3) is 11.1 Å². The van der Waals surface area contributed by atoms with E-state index in [1.54, 1.807) is 14.2 Å². The second kappa shape index (κ2) is 8.27. The number of fused-ring (bicyclic) bond motifs is 1. The molecule has 4 rings (SSSR count). The Bertz CT molecular complexity index is 1030. The Balaban J connectivity index is 1.51. The first-order chi connectivity index (χ1) is 14.2. The monoisotopic (exact) mass is 389 g/mol. The standard InChI is InChI=1S/C24H23NO4/c1-27-20-7-4-17(5-8-20)21-15-19(6-10-23(21)28-2)25-24(26)14-16-3-9-22-18(13-16)11-12-29-22/h3-10,13,15H,11-12,14H2,1-2H3,(H,25,26). The van der Waals surface area contributed by atoms with E-state index < -0.39 is 0 Å². The van der Waals surface area contributed by atoms with Crippen molar-refractivity contribution in [1.82, 2.24) is 0 Å². The van der Waals surface area contributed by atoms with Crippen LogP contribution in [-0.2, 0) is 17.6 Å². The maximum absolute atomic E-state index is 12.6. The van der Waals surface area contributed by atoms with Crippen LogP contribution < -0.4 is 19.5 Å². The molecule has 5 heteroatoms. The van der Waals surface area contributed by atoms with E-state index in [0.29, 0.717) is 13.0 Å². The predicted octanol–water partition coefficient (Wildman–Crippen LogP) is 4.49. The zero-order chi connectivity index (χ0) is 20.2. The maximum Gasteiger partial charge on any atom is 0.228 e. The van der Waals surface area contributed by atoms with E-state index in [0.717, 1.165) is 46.0 Å². The van der Waals surface area contributed by atoms with Crippen LogP contribution in [0.5, 0.6) is 17.2 Å². The number of anilines is 1. The molecule has 0 aliphatic carbocycles. The van der Waals surface area contributed by atoms with Crippen molar-refractivity contribution >= 4 is 11.6 Å². The zero-order valence-corrected chi connectivity index (χ0v) is 16.5. The van der Waals surface area contributed by atoms with Gasteiger partial charge in [-0.25, -0.2) is 0 Å². The van der Waals surface area contributed by atoms with Crippen LogP contribution in [0, 0.1) is 0 Å². The highest BCUT2D eigenvalue weighted by molar-refractivity contribution is 5.93. The van der Waals surface area contributed by atoms with Gasteiger partial charge in [0.1, 0.15) is 17.2 Å². The third-order valence-corrected chi connectivity index (χ3v) is 5.00. The van der Waals surface area contributed by atoms with Crippen LogP contribution in [0.3, 0.4) is 0 Å². The summed E-state index contributed by atoms with van der Waals surface area (Å²) >= 11 is 0. The van der Waals surface area contributed by atoms with Crippen LogP contribution in [0.4, 0.5) is 5.69 Å². The minimum Gasteiger partial charge on any atom is -0.497 e. The van der Waals surface area contributed by atoms with Crippen molar-refractivity contribution in [1.29, 1.82) is 0 Å². The fourth-order valence-electron chi connectivity index (χ4n) is 3.52. The van der Waals surface area contributed by atoms with Crippen molar-refractivity contribution in [3.63, 3.8) is 0 Å². The molecule has 3 aromatic carbocycles. The lowest BCUT2D eigenvalue weighted by molar-refractivity contribution is -0.115. The molecular weight excluding hydrogens is 366 g/mol. The third-order valence-electron chi connectivity index (χ3n) is 5.00. The number of benzene rings is 3. The summed E-state index contributed by atoms with van der Waals surface area (Å²) in [7, 11) is 3.28. The van der Waals surface area contributed by atoms with Gasteiger partial charge < -0.3 is 19.5 Å². The highest BCUT2D eigenvalue weighted by Gasteiger charge is 2.14. The molecule has 0 bridgehead atoms. The van der Waals surface area contributed by atoms with E-state index in [-0.39, 0.29) is 5.91 Å². The van der Waals surface area contributed by atoms with Crippen LogP contribution in [0.1, 0.15) is 11.1 Å². The summed E-state index contributed by atoms with van der Waals surface area (Å²) in [6.45, 7) is 0.713. The van der Waals surface area contributed by atoms with Crippen molar-refractivity contribution in [2.45, 2.75) is 12.8 Å². The lowest BCUT2D eigenvalue weighted by Gasteiger charge is -2.13. The molecule has 1 amide bonds. The molecule has 148 valence electrons. The first-order valence-corrected chi connectivity index (χ1v) is 9.53. The van der Waals surface area contributed by atoms with Gasteiger partial charge in [-0.15, -0.1) is 0 Å². The zero-order valence-electron chi connectivity index (χ0n) is 16.5. The Hall–Kier alpha value is -3.47. The Morgan fingerprint density at radius 2 is 1.83 bits per heavy atom. The van der Waals surface area contributed by atoms with E-state index in [9.17, 15) is 4.79 Å². The quantitative estimate of drug-likeness (QED) is 0.675. The second-order valence-electron chi connectivity index (χ2n) is 6.91. The number of carbonyl (C=O) groups is 1. The van der Waals surface area contributed by atoms with Gasteiger partial charge in [-0.3, -0.25) is 4.79 Å². The van der Waals surface area contributed by atoms with Crippen molar-refractivity contribution < 1.29 is 19.0 Å². The molecular formula is C24H23NO4. The van der Waals surface area contributed by atoms with Gasteiger partial charge in [-0.2, -0.15) is 0 Å². The van der Waals surface area contributed by atoms with E-state index in [2.05, 4.69) is 11.4 Å². The number of ether oxygens (including phenoxy) is 3. The molecule has 1 aliphatic heterocycles. The SMILES string of the molecule is COc1ccc(-c2cc(NC(=O)Cc3ccc4c(c3)CCO4)ccc2OC)cc1. The molecule has 0 unspecified atom stereocenters. The predicted molar refractivity (Wildman–Crippen MR) is 113 cm³/mol. The highest BCUT2D eigenvalue weighted by atomic mass is 16.5. The molecule has 1 aliphatic rings. The van der Waals surface area contributed by atoms with Crippen molar-refractivity contribution in [2.75, 3.05) is 26.1 Å². The average molecular weight is 389 g/mol. The molecule has 29 heavy (non-hydrogen) atoms. The molecule has 0 aromatic heterocycles. The van der Waals surface area contributed by atoms with Crippen LogP contribution in [-0.4, -0.2) is 26.7 Å². The number of nitrogens with one attached hydrogen (secondary N) is 1. The van der Waals surface area contributed by atoms with Crippen molar-refractivity contribution in [3.05, 3.63) is 71.8 Å². The summed E-state index contributed by atoms with van der Waals surface area (Å²) in [6.07, 6.45) is 1.21. The average Bonchev–Trinajstić information content (AvgIpc) is 3.21. The molecule has 3 aromatic rings. The Morgan fingerprint density at radius 1 is 1.00 bits per heavy atom. The van der Waals surface area contributed by atoms with Gasteiger partial charge in [0.2, 0.25) is 5.91 Å². The summed E-state index contributed by atoms with van der Waals surface area (Å²) in [5.74, 6) is 2.40. The van der Waals surface area contributed by atoms with Crippen molar-refractivity contribution in [3.8, 4) is 28.4 Å². The molecule has 0 radical (unpaired) electrons. The fraction of sp³-hybridized carbons (Fsp3) is 0.208. The second-order valence-corrected chi connectivity index (χ2v) is 6.91. The van der Waals surface area contributed by atoms with Crippen LogP contribution in [0.2, 0.25) is 0 Å². The topological polar surface area (TPSA) is 56.8 Å². The summed E-state index contributed by atoms with van der Waals surface area (Å²) in [6, 6.07) is 19.3. The van der Waals surface area contributed by atoms with Crippen LogP contribution >= 0.6 is 0 Å². The largest absolute Gasteiger partial charge is 0.497 e. The maximum atomic E-state index is 12.6. The van der Waals surface area contributed by atoms with Gasteiger partial charge in [0.25, 0.3) is 0 Å². The van der Waals surface area contributed by atoms with Crippen molar-refractivity contribution in [2.24, 2.45) is 0 Å². The smallest absolute Gasteiger partial charge is 0.228 e. The van der Waals surface area contributed by atoms with Gasteiger partial charge in [0.15, 0.2) is 0 Å². The first kappa shape index (κ1) is 18.9. The molecule has 0 atom stereocenters. The summed E-state index contributed by atoms with van der Waals surface area (Å²) in [5.41, 5.74) is 4.77. The number of rotatable bonds is 6. The number of methoxy groups -OCH3 is 2. The van der Waals surface area contributed by atoms with Gasteiger partial charge in [0.05, 0.1) is 27.2 Å². The van der Waals surface area contributed by atoms with Gasteiger partial charge in [-0.1, -0.05) is 24.3 Å². The molecule has 0 saturated carbocycles. The minimum atomic E-state index is -0.0605. The van der Waals surface area contributed by atoms with E-state index in [1.807, 2.05) is 54.6 Å². The molecule has 0 saturated heterocycles. The van der Waals surface area contributed by atoms with Gasteiger partial charge in [-0.05, 0) is 53.1 Å². The third kappa shape index (κ3) is 4.19.